The molecule has 2 aromatic rings. The first-order valence-electron chi connectivity index (χ1n) is 12.1. The van der Waals surface area contributed by atoms with Crippen LogP contribution in [0.2, 0.25) is 0 Å². The third-order valence-corrected chi connectivity index (χ3v) is 9.61. The van der Waals surface area contributed by atoms with Gasteiger partial charge in [-0.2, -0.15) is 4.31 Å². The molecule has 2 aliphatic rings. The molecule has 2 fully saturated rings. The summed E-state index contributed by atoms with van der Waals surface area (Å²) in [6, 6.07) is 6.84. The molecule has 1 aliphatic carbocycles. The van der Waals surface area contributed by atoms with Crippen LogP contribution in [0.3, 0.4) is 0 Å². The van der Waals surface area contributed by atoms with E-state index in [1.807, 2.05) is 0 Å². The van der Waals surface area contributed by atoms with Gasteiger partial charge in [-0.1, -0.05) is 51.8 Å². The van der Waals surface area contributed by atoms with Crippen molar-refractivity contribution >= 4 is 26.7 Å². The molecule has 2 heterocycles. The highest BCUT2D eigenvalue weighted by Crippen LogP contribution is 2.30. The van der Waals surface area contributed by atoms with Gasteiger partial charge in [-0.15, -0.1) is 0 Å². The lowest BCUT2D eigenvalue weighted by Gasteiger charge is -2.34. The van der Waals surface area contributed by atoms with Crippen molar-refractivity contribution in [1.29, 1.82) is 0 Å². The van der Waals surface area contributed by atoms with Crippen LogP contribution >= 0.6 is 0 Å². The number of rotatable bonds is 5. The number of aromatic nitrogens is 1. The molecule has 3 unspecified atom stereocenters. The van der Waals surface area contributed by atoms with Crippen molar-refractivity contribution in [2.45, 2.75) is 70.4 Å². The maximum atomic E-state index is 13.6. The van der Waals surface area contributed by atoms with E-state index in [0.29, 0.717) is 41.6 Å². The van der Waals surface area contributed by atoms with E-state index in [-0.39, 0.29) is 28.9 Å². The lowest BCUT2D eigenvalue weighted by Crippen LogP contribution is -2.45. The van der Waals surface area contributed by atoms with Crippen molar-refractivity contribution in [1.82, 2.24) is 14.2 Å². The number of nitrogens with one attached hydrogen (secondary N) is 1. The summed E-state index contributed by atoms with van der Waals surface area (Å²) in [7, 11) is -3.79. The van der Waals surface area contributed by atoms with E-state index < -0.39 is 10.0 Å². The minimum Gasteiger partial charge on any atom is -0.352 e. The summed E-state index contributed by atoms with van der Waals surface area (Å²) in [6.07, 6.45) is 6.16. The Kier molecular flexibility index (Phi) is 6.96. The summed E-state index contributed by atoms with van der Waals surface area (Å²) < 4.78 is 29.9. The van der Waals surface area contributed by atoms with E-state index in [1.165, 1.54) is 15.1 Å². The third kappa shape index (κ3) is 4.87. The average Bonchev–Trinajstić information content (AvgIpc) is 2.79. The molecular formula is C25H35N3O4S. The molecule has 33 heavy (non-hydrogen) atoms. The minimum atomic E-state index is -3.79. The van der Waals surface area contributed by atoms with Crippen molar-refractivity contribution in [3.63, 3.8) is 0 Å². The molecule has 180 valence electrons. The molecular weight excluding hydrogens is 438 g/mol. The Hall–Kier alpha value is -2.19. The number of fused-ring (bicyclic) bond motifs is 1. The lowest BCUT2D eigenvalue weighted by atomic mass is 9.78. The number of benzene rings is 1. The van der Waals surface area contributed by atoms with Crippen molar-refractivity contribution < 1.29 is 13.2 Å². The standard InChI is InChI=1S/C25H35N3O4S/c1-17-11-13-28(14-12-17)33(31,32)23-15-27(25(30)21-9-5-4-8-20(21)23)16-24(29)26-22-10-6-7-18(2)19(22)3/h4-5,8-9,15,17-19,22H,6-7,10-14,16H2,1-3H3,(H,26,29). The topological polar surface area (TPSA) is 88.5 Å². The van der Waals surface area contributed by atoms with E-state index in [1.54, 1.807) is 24.3 Å². The Morgan fingerprint density at radius 1 is 1.03 bits per heavy atom. The number of carbonyl (C=O) groups is 1. The number of hydrogen-bond donors (Lipinski definition) is 1. The monoisotopic (exact) mass is 473 g/mol. The SMILES string of the molecule is CC1CCN(S(=O)(=O)c2cn(CC(=O)NC3CCCC(C)C3C)c(=O)c3ccccc23)CC1. The van der Waals surface area contributed by atoms with Crippen LogP contribution in [0.15, 0.2) is 40.2 Å². The Morgan fingerprint density at radius 3 is 2.39 bits per heavy atom. The van der Waals surface area contributed by atoms with E-state index in [2.05, 4.69) is 26.1 Å². The number of amides is 1. The van der Waals surface area contributed by atoms with E-state index >= 15 is 0 Å². The largest absolute Gasteiger partial charge is 0.352 e. The highest BCUT2D eigenvalue weighted by Gasteiger charge is 2.31. The zero-order chi connectivity index (χ0) is 23.8. The van der Waals surface area contributed by atoms with Gasteiger partial charge < -0.3 is 9.88 Å². The highest BCUT2D eigenvalue weighted by atomic mass is 32.2. The summed E-state index contributed by atoms with van der Waals surface area (Å²) >= 11 is 0. The van der Waals surface area contributed by atoms with Gasteiger partial charge in [-0.3, -0.25) is 9.59 Å². The summed E-state index contributed by atoms with van der Waals surface area (Å²) in [5.41, 5.74) is -0.350. The van der Waals surface area contributed by atoms with Gasteiger partial charge in [0.25, 0.3) is 5.56 Å². The molecule has 1 saturated carbocycles. The number of carbonyl (C=O) groups excluding carboxylic acids is 1. The van der Waals surface area contributed by atoms with Gasteiger partial charge in [-0.25, -0.2) is 8.42 Å². The van der Waals surface area contributed by atoms with Gasteiger partial charge in [-0.05, 0) is 43.1 Å². The van der Waals surface area contributed by atoms with Gasteiger partial charge in [0.2, 0.25) is 15.9 Å². The van der Waals surface area contributed by atoms with Crippen molar-refractivity contribution in [2.75, 3.05) is 13.1 Å². The van der Waals surface area contributed by atoms with E-state index in [0.717, 1.165) is 32.1 Å². The van der Waals surface area contributed by atoms with Crippen LogP contribution in [0.5, 0.6) is 0 Å². The molecule has 1 N–H and O–H groups in total. The lowest BCUT2D eigenvalue weighted by molar-refractivity contribution is -0.123. The Labute approximate surface area is 196 Å². The predicted molar refractivity (Wildman–Crippen MR) is 129 cm³/mol. The van der Waals surface area contributed by atoms with Crippen molar-refractivity contribution in [3.8, 4) is 0 Å². The fourth-order valence-electron chi connectivity index (χ4n) is 5.19. The van der Waals surface area contributed by atoms with Crippen LogP contribution in [0, 0.1) is 17.8 Å². The van der Waals surface area contributed by atoms with Gasteiger partial charge in [0.15, 0.2) is 0 Å². The Morgan fingerprint density at radius 2 is 1.70 bits per heavy atom. The molecule has 3 atom stereocenters. The molecule has 4 rings (SSSR count). The second kappa shape index (κ2) is 9.58. The smallest absolute Gasteiger partial charge is 0.258 e. The molecule has 0 radical (unpaired) electrons. The van der Waals surface area contributed by atoms with E-state index in [4.69, 9.17) is 0 Å². The molecule has 1 aromatic carbocycles. The van der Waals surface area contributed by atoms with Gasteiger partial charge >= 0.3 is 0 Å². The Bertz CT molecular complexity index is 1180. The number of nitrogens with zero attached hydrogens (tertiary/aromatic N) is 2. The molecule has 1 aromatic heterocycles. The summed E-state index contributed by atoms with van der Waals surface area (Å²) in [6.45, 7) is 7.23. The number of sulfonamides is 1. The first kappa shape index (κ1) is 24.0. The maximum absolute atomic E-state index is 13.6. The number of piperidine rings is 1. The summed E-state index contributed by atoms with van der Waals surface area (Å²) in [5.74, 6) is 1.15. The van der Waals surface area contributed by atoms with Crippen LogP contribution in [0.1, 0.15) is 52.9 Å². The first-order chi connectivity index (χ1) is 15.7. The fourth-order valence-corrected chi connectivity index (χ4v) is 6.88. The molecule has 1 aliphatic heterocycles. The van der Waals surface area contributed by atoms with Crippen LogP contribution in [0.25, 0.3) is 10.8 Å². The second-order valence-electron chi connectivity index (χ2n) is 10.00. The normalized spacial score (nSPS) is 25.2. The zero-order valence-electron chi connectivity index (χ0n) is 19.8. The Balaban J connectivity index is 1.66. The highest BCUT2D eigenvalue weighted by molar-refractivity contribution is 7.89. The average molecular weight is 474 g/mol. The van der Waals surface area contributed by atoms with Crippen LogP contribution in [-0.2, 0) is 21.4 Å². The number of pyridine rings is 1. The maximum Gasteiger partial charge on any atom is 0.258 e. The first-order valence-corrected chi connectivity index (χ1v) is 13.5. The molecule has 1 amide bonds. The van der Waals surface area contributed by atoms with Gasteiger partial charge in [0.05, 0.1) is 0 Å². The number of hydrogen-bond acceptors (Lipinski definition) is 4. The van der Waals surface area contributed by atoms with E-state index in [9.17, 15) is 18.0 Å². The quantitative estimate of drug-likeness (QED) is 0.721. The van der Waals surface area contributed by atoms with Gasteiger partial charge in [0, 0.05) is 36.1 Å². The third-order valence-electron chi connectivity index (χ3n) is 7.68. The van der Waals surface area contributed by atoms with Gasteiger partial charge in [0.1, 0.15) is 11.4 Å². The van der Waals surface area contributed by atoms with Crippen LogP contribution in [0.4, 0.5) is 0 Å². The summed E-state index contributed by atoms with van der Waals surface area (Å²) in [5, 5.41) is 3.82. The predicted octanol–water partition coefficient (Wildman–Crippen LogP) is 3.36. The molecule has 0 bridgehead atoms. The molecule has 8 heteroatoms. The minimum absolute atomic E-state index is 0.0796. The fraction of sp³-hybridized carbons (Fsp3) is 0.600. The summed E-state index contributed by atoms with van der Waals surface area (Å²) in [4.78, 5) is 26.1. The molecule has 0 spiro atoms. The van der Waals surface area contributed by atoms with Crippen molar-refractivity contribution in [2.24, 2.45) is 17.8 Å². The van der Waals surface area contributed by atoms with Crippen LogP contribution < -0.4 is 10.9 Å². The second-order valence-corrected chi connectivity index (χ2v) is 11.9. The molecule has 7 nitrogen and oxygen atoms in total. The van der Waals surface area contributed by atoms with Crippen molar-refractivity contribution in [3.05, 3.63) is 40.8 Å². The van der Waals surface area contributed by atoms with Crippen LogP contribution in [-0.4, -0.2) is 42.3 Å². The molecule has 1 saturated heterocycles. The zero-order valence-corrected chi connectivity index (χ0v) is 20.6.